The molecule has 2 rings (SSSR count). The van der Waals surface area contributed by atoms with E-state index in [2.05, 4.69) is 45.0 Å². The minimum absolute atomic E-state index is 0.346. The number of benzene rings is 1. The van der Waals surface area contributed by atoms with Gasteiger partial charge in [-0.2, -0.15) is 0 Å². The van der Waals surface area contributed by atoms with E-state index in [-0.39, 0.29) is 0 Å². The van der Waals surface area contributed by atoms with Gasteiger partial charge in [0.1, 0.15) is 6.42 Å². The van der Waals surface area contributed by atoms with Crippen molar-refractivity contribution in [3.63, 3.8) is 0 Å². The highest BCUT2D eigenvalue weighted by Gasteiger charge is 2.46. The van der Waals surface area contributed by atoms with E-state index in [1.807, 2.05) is 12.1 Å². The second-order valence-electron chi connectivity index (χ2n) is 7.59. The van der Waals surface area contributed by atoms with E-state index in [0.717, 1.165) is 10.9 Å². The van der Waals surface area contributed by atoms with E-state index in [9.17, 15) is 9.59 Å². The Labute approximate surface area is 161 Å². The van der Waals surface area contributed by atoms with Crippen LogP contribution in [0.25, 0.3) is 0 Å². The fourth-order valence-corrected chi connectivity index (χ4v) is 3.79. The molecule has 0 radical (unpaired) electrons. The zero-order valence-electron chi connectivity index (χ0n) is 16.0. The number of rotatable bonds is 7. The standard InChI is InChI=1S/C17H26ClN.C3H4O4/c1-13(2)12-16(19(3)4)17(10-5-11-17)14-6-8-15(18)9-7-14;4-2(5)1-3(6)7/h6-9,13,16H,5,10-12H2,1-4H3;1H2,(H,4,5)(H,6,7). The summed E-state index contributed by atoms with van der Waals surface area (Å²) in [6, 6.07) is 9.18. The van der Waals surface area contributed by atoms with Crippen LogP contribution in [0.4, 0.5) is 0 Å². The normalized spacial score (nSPS) is 16.4. The van der Waals surface area contributed by atoms with Gasteiger partial charge in [0.05, 0.1) is 0 Å². The Kier molecular flexibility index (Phi) is 8.57. The number of nitrogens with zero attached hydrogens (tertiary/aromatic N) is 1. The van der Waals surface area contributed by atoms with Crippen LogP contribution in [0.3, 0.4) is 0 Å². The first kappa shape index (κ1) is 22.5. The van der Waals surface area contributed by atoms with Gasteiger partial charge in [0.2, 0.25) is 0 Å². The molecule has 5 nitrogen and oxygen atoms in total. The molecule has 26 heavy (non-hydrogen) atoms. The molecule has 1 aliphatic carbocycles. The number of aliphatic carboxylic acids is 2. The van der Waals surface area contributed by atoms with Crippen molar-refractivity contribution in [2.24, 2.45) is 5.92 Å². The number of halogens is 1. The molecule has 1 aromatic carbocycles. The van der Waals surface area contributed by atoms with Crippen molar-refractivity contribution in [2.45, 2.75) is 57.4 Å². The number of carbonyl (C=O) groups is 2. The Balaban J connectivity index is 0.000000412. The summed E-state index contributed by atoms with van der Waals surface area (Å²) in [4.78, 5) is 21.3. The summed E-state index contributed by atoms with van der Waals surface area (Å²) in [7, 11) is 4.45. The lowest BCUT2D eigenvalue weighted by Crippen LogP contribution is -2.52. The highest BCUT2D eigenvalue weighted by molar-refractivity contribution is 6.30. The minimum atomic E-state index is -1.31. The Morgan fingerprint density at radius 1 is 1.12 bits per heavy atom. The Morgan fingerprint density at radius 3 is 1.88 bits per heavy atom. The topological polar surface area (TPSA) is 77.8 Å². The summed E-state index contributed by atoms with van der Waals surface area (Å²) in [6.45, 7) is 4.65. The number of carboxylic acid groups (broad SMARTS) is 2. The third kappa shape index (κ3) is 6.29. The third-order valence-corrected chi connectivity index (χ3v) is 5.18. The molecule has 1 atom stereocenters. The first-order valence-corrected chi connectivity index (χ1v) is 9.32. The molecule has 0 aliphatic heterocycles. The number of hydrogen-bond acceptors (Lipinski definition) is 3. The van der Waals surface area contributed by atoms with E-state index in [0.29, 0.717) is 11.5 Å². The predicted octanol–water partition coefficient (Wildman–Crippen LogP) is 4.28. The molecule has 1 aliphatic rings. The molecule has 0 spiro atoms. The molecule has 0 heterocycles. The second-order valence-corrected chi connectivity index (χ2v) is 8.03. The van der Waals surface area contributed by atoms with Crippen LogP contribution < -0.4 is 0 Å². The SMILES string of the molecule is CC(C)CC(N(C)C)C1(c2ccc(Cl)cc2)CCC1.O=C(O)CC(=O)O. The minimum Gasteiger partial charge on any atom is -0.481 e. The zero-order valence-corrected chi connectivity index (χ0v) is 16.8. The molecule has 0 aromatic heterocycles. The van der Waals surface area contributed by atoms with Gasteiger partial charge in [0, 0.05) is 16.5 Å². The van der Waals surface area contributed by atoms with E-state index < -0.39 is 18.4 Å². The summed E-state index contributed by atoms with van der Waals surface area (Å²) < 4.78 is 0. The van der Waals surface area contributed by atoms with Crippen LogP contribution >= 0.6 is 11.6 Å². The van der Waals surface area contributed by atoms with Crippen molar-refractivity contribution in [1.29, 1.82) is 0 Å². The van der Waals surface area contributed by atoms with Gasteiger partial charge in [0.15, 0.2) is 0 Å². The van der Waals surface area contributed by atoms with Crippen molar-refractivity contribution >= 4 is 23.5 Å². The molecule has 6 heteroatoms. The Bertz CT molecular complexity index is 582. The van der Waals surface area contributed by atoms with E-state index >= 15 is 0 Å². The highest BCUT2D eigenvalue weighted by atomic mass is 35.5. The van der Waals surface area contributed by atoms with Crippen LogP contribution in [0.5, 0.6) is 0 Å². The largest absolute Gasteiger partial charge is 0.481 e. The van der Waals surface area contributed by atoms with Crippen molar-refractivity contribution < 1.29 is 19.8 Å². The molecule has 0 saturated heterocycles. The van der Waals surface area contributed by atoms with Gasteiger partial charge in [-0.3, -0.25) is 9.59 Å². The molecule has 2 N–H and O–H groups in total. The van der Waals surface area contributed by atoms with Crippen LogP contribution in [0.1, 0.15) is 51.5 Å². The number of likely N-dealkylation sites (N-methyl/N-ethyl adjacent to an activating group) is 1. The molecular weight excluding hydrogens is 354 g/mol. The highest BCUT2D eigenvalue weighted by Crippen LogP contribution is 2.49. The van der Waals surface area contributed by atoms with Gasteiger partial charge >= 0.3 is 11.9 Å². The number of hydrogen-bond donors (Lipinski definition) is 2. The smallest absolute Gasteiger partial charge is 0.314 e. The molecule has 1 unspecified atom stereocenters. The predicted molar refractivity (Wildman–Crippen MR) is 104 cm³/mol. The Morgan fingerprint density at radius 2 is 1.62 bits per heavy atom. The van der Waals surface area contributed by atoms with E-state index in [1.165, 1.54) is 31.2 Å². The summed E-state index contributed by atoms with van der Waals surface area (Å²) in [5.74, 6) is -1.89. The fraction of sp³-hybridized carbons (Fsp3) is 0.600. The molecule has 1 fully saturated rings. The first-order chi connectivity index (χ1) is 12.1. The quantitative estimate of drug-likeness (QED) is 0.687. The van der Waals surface area contributed by atoms with Gasteiger partial charge in [0.25, 0.3) is 0 Å². The lowest BCUT2D eigenvalue weighted by Gasteiger charge is -2.51. The maximum absolute atomic E-state index is 9.43. The third-order valence-electron chi connectivity index (χ3n) is 4.92. The average molecular weight is 384 g/mol. The molecular formula is C20H30ClNO4. The van der Waals surface area contributed by atoms with Crippen LogP contribution in [0, 0.1) is 5.92 Å². The van der Waals surface area contributed by atoms with Gasteiger partial charge in [-0.05, 0) is 57.0 Å². The zero-order chi connectivity index (χ0) is 19.9. The van der Waals surface area contributed by atoms with Crippen molar-refractivity contribution in [3.05, 3.63) is 34.9 Å². The van der Waals surface area contributed by atoms with Crippen LogP contribution in [0.15, 0.2) is 24.3 Å². The maximum Gasteiger partial charge on any atom is 0.314 e. The summed E-state index contributed by atoms with van der Waals surface area (Å²) in [5.41, 5.74) is 1.82. The molecule has 146 valence electrons. The van der Waals surface area contributed by atoms with Crippen LogP contribution in [-0.2, 0) is 15.0 Å². The van der Waals surface area contributed by atoms with Gasteiger partial charge in [-0.15, -0.1) is 0 Å². The summed E-state index contributed by atoms with van der Waals surface area (Å²) in [6.07, 6.45) is 4.43. The van der Waals surface area contributed by atoms with Crippen LogP contribution in [-0.4, -0.2) is 47.2 Å². The fourth-order valence-electron chi connectivity index (χ4n) is 3.66. The maximum atomic E-state index is 9.43. The van der Waals surface area contributed by atoms with Crippen molar-refractivity contribution in [2.75, 3.05) is 14.1 Å². The van der Waals surface area contributed by atoms with Gasteiger partial charge < -0.3 is 15.1 Å². The summed E-state index contributed by atoms with van der Waals surface area (Å²) >= 11 is 6.04. The molecule has 1 saturated carbocycles. The molecule has 0 amide bonds. The van der Waals surface area contributed by atoms with E-state index in [1.54, 1.807) is 0 Å². The average Bonchev–Trinajstić information content (AvgIpc) is 2.45. The van der Waals surface area contributed by atoms with Crippen molar-refractivity contribution in [1.82, 2.24) is 4.90 Å². The molecule has 0 bridgehead atoms. The monoisotopic (exact) mass is 383 g/mol. The second kappa shape index (κ2) is 9.93. The van der Waals surface area contributed by atoms with E-state index in [4.69, 9.17) is 21.8 Å². The summed E-state index contributed by atoms with van der Waals surface area (Å²) in [5, 5.41) is 16.2. The Hall–Kier alpha value is -1.59. The molecule has 1 aromatic rings. The van der Waals surface area contributed by atoms with Crippen molar-refractivity contribution in [3.8, 4) is 0 Å². The van der Waals surface area contributed by atoms with Crippen LogP contribution in [0.2, 0.25) is 5.02 Å². The lowest BCUT2D eigenvalue weighted by atomic mass is 9.58. The first-order valence-electron chi connectivity index (χ1n) is 8.94. The number of carboxylic acids is 2. The van der Waals surface area contributed by atoms with Gasteiger partial charge in [-0.1, -0.05) is 44.0 Å². The van der Waals surface area contributed by atoms with Gasteiger partial charge in [-0.25, -0.2) is 0 Å². The lowest BCUT2D eigenvalue weighted by molar-refractivity contribution is -0.147.